The lowest BCUT2D eigenvalue weighted by Gasteiger charge is -2.23. The minimum atomic E-state index is -0.570. The molecule has 1 atom stereocenters. The molecule has 1 aliphatic heterocycles. The standard InChI is InChI=1S/C26H21FN4O2S/c27-21-14-12-19(13-15-21)24-29-30-26(34-24)28-23(32)22-7-4-16-31(22)25(33)20-10-8-18(9-11-20)17-5-2-1-3-6-17/h1-3,5-6,8-15,22H,4,7,16H2,(H,28,30,32). The van der Waals surface area contributed by atoms with Crippen molar-refractivity contribution in [3.8, 4) is 21.7 Å². The lowest BCUT2D eigenvalue weighted by atomic mass is 10.0. The van der Waals surface area contributed by atoms with Crippen LogP contribution in [0.25, 0.3) is 21.7 Å². The van der Waals surface area contributed by atoms with Gasteiger partial charge in [-0.1, -0.05) is 53.8 Å². The van der Waals surface area contributed by atoms with Crippen molar-refractivity contribution >= 4 is 28.3 Å². The van der Waals surface area contributed by atoms with Crippen molar-refractivity contribution in [1.29, 1.82) is 0 Å². The Kier molecular flexibility index (Phi) is 6.14. The monoisotopic (exact) mass is 472 g/mol. The summed E-state index contributed by atoms with van der Waals surface area (Å²) in [4.78, 5) is 27.8. The molecular formula is C26H21FN4O2S. The third-order valence-corrected chi connectivity index (χ3v) is 6.69. The molecule has 2 heterocycles. The Morgan fingerprint density at radius 1 is 0.882 bits per heavy atom. The molecule has 8 heteroatoms. The number of carbonyl (C=O) groups is 2. The number of nitrogens with zero attached hydrogens (tertiary/aromatic N) is 3. The van der Waals surface area contributed by atoms with Gasteiger partial charge in [0, 0.05) is 17.7 Å². The number of carbonyl (C=O) groups excluding carboxylic acids is 2. The second-order valence-corrected chi connectivity index (χ2v) is 8.99. The van der Waals surface area contributed by atoms with E-state index in [0.717, 1.165) is 23.1 Å². The molecule has 4 aromatic rings. The molecule has 5 rings (SSSR count). The van der Waals surface area contributed by atoms with Gasteiger partial charge < -0.3 is 4.90 Å². The highest BCUT2D eigenvalue weighted by Crippen LogP contribution is 2.28. The molecule has 0 spiro atoms. The molecule has 1 aromatic heterocycles. The fourth-order valence-corrected chi connectivity index (χ4v) is 4.81. The zero-order valence-electron chi connectivity index (χ0n) is 18.1. The third-order valence-electron chi connectivity index (χ3n) is 5.80. The van der Waals surface area contributed by atoms with Gasteiger partial charge in [-0.25, -0.2) is 4.39 Å². The van der Waals surface area contributed by atoms with Gasteiger partial charge in [-0.3, -0.25) is 14.9 Å². The number of hydrogen-bond acceptors (Lipinski definition) is 5. The van der Waals surface area contributed by atoms with Gasteiger partial charge >= 0.3 is 0 Å². The number of halogens is 1. The van der Waals surface area contributed by atoms with E-state index in [1.165, 1.54) is 23.5 Å². The summed E-state index contributed by atoms with van der Waals surface area (Å²) >= 11 is 1.20. The summed E-state index contributed by atoms with van der Waals surface area (Å²) in [5.41, 5.74) is 3.38. The number of likely N-dealkylation sites (tertiary alicyclic amines) is 1. The summed E-state index contributed by atoms with van der Waals surface area (Å²) in [7, 11) is 0. The predicted molar refractivity (Wildman–Crippen MR) is 130 cm³/mol. The number of nitrogens with one attached hydrogen (secondary N) is 1. The fraction of sp³-hybridized carbons (Fsp3) is 0.154. The molecule has 1 N–H and O–H groups in total. The number of hydrogen-bond donors (Lipinski definition) is 1. The molecule has 0 bridgehead atoms. The van der Waals surface area contributed by atoms with Crippen molar-refractivity contribution in [3.05, 3.63) is 90.2 Å². The van der Waals surface area contributed by atoms with E-state index in [2.05, 4.69) is 15.5 Å². The maximum atomic E-state index is 13.2. The van der Waals surface area contributed by atoms with Crippen LogP contribution in [0, 0.1) is 5.82 Å². The van der Waals surface area contributed by atoms with Gasteiger partial charge in [-0.15, -0.1) is 10.2 Å². The molecule has 0 saturated carbocycles. The van der Waals surface area contributed by atoms with Crippen LogP contribution in [0.4, 0.5) is 9.52 Å². The van der Waals surface area contributed by atoms with E-state index in [1.54, 1.807) is 29.2 Å². The van der Waals surface area contributed by atoms with Crippen molar-refractivity contribution in [3.63, 3.8) is 0 Å². The summed E-state index contributed by atoms with van der Waals surface area (Å²) in [6, 6.07) is 22.8. The van der Waals surface area contributed by atoms with Gasteiger partial charge in [0.15, 0.2) is 0 Å². The van der Waals surface area contributed by atoms with Gasteiger partial charge in [0.25, 0.3) is 5.91 Å². The summed E-state index contributed by atoms with van der Waals surface area (Å²) in [5, 5.41) is 11.8. The first-order valence-electron chi connectivity index (χ1n) is 11.0. The lowest BCUT2D eigenvalue weighted by molar-refractivity contribution is -0.119. The van der Waals surface area contributed by atoms with Crippen LogP contribution in [0.1, 0.15) is 23.2 Å². The van der Waals surface area contributed by atoms with Crippen LogP contribution in [-0.2, 0) is 4.79 Å². The van der Waals surface area contributed by atoms with E-state index >= 15 is 0 Å². The molecule has 170 valence electrons. The topological polar surface area (TPSA) is 75.2 Å². The zero-order valence-corrected chi connectivity index (χ0v) is 19.0. The molecule has 34 heavy (non-hydrogen) atoms. The van der Waals surface area contributed by atoms with Crippen LogP contribution in [0.2, 0.25) is 0 Å². The van der Waals surface area contributed by atoms with E-state index < -0.39 is 6.04 Å². The number of rotatable bonds is 5. The summed E-state index contributed by atoms with van der Waals surface area (Å²) in [5.74, 6) is -0.780. The largest absolute Gasteiger partial charge is 0.327 e. The second-order valence-electron chi connectivity index (χ2n) is 8.01. The first-order valence-corrected chi connectivity index (χ1v) is 11.8. The molecule has 1 saturated heterocycles. The van der Waals surface area contributed by atoms with Crippen molar-refractivity contribution in [2.24, 2.45) is 0 Å². The maximum Gasteiger partial charge on any atom is 0.254 e. The first kappa shape index (κ1) is 21.9. The van der Waals surface area contributed by atoms with Gasteiger partial charge in [-0.2, -0.15) is 0 Å². The smallest absolute Gasteiger partial charge is 0.254 e. The molecule has 1 fully saturated rings. The van der Waals surface area contributed by atoms with Crippen molar-refractivity contribution in [1.82, 2.24) is 15.1 Å². The average Bonchev–Trinajstić information content (AvgIpc) is 3.55. The van der Waals surface area contributed by atoms with Crippen LogP contribution in [-0.4, -0.2) is 39.5 Å². The SMILES string of the molecule is O=C(Nc1nnc(-c2ccc(F)cc2)s1)C1CCCN1C(=O)c1ccc(-c2ccccc2)cc1. The normalized spacial score (nSPS) is 15.3. The van der Waals surface area contributed by atoms with Crippen molar-refractivity contribution in [2.45, 2.75) is 18.9 Å². The number of aromatic nitrogens is 2. The molecule has 0 radical (unpaired) electrons. The number of benzene rings is 3. The Bertz CT molecular complexity index is 1310. The second kappa shape index (κ2) is 9.52. The van der Waals surface area contributed by atoms with Crippen LogP contribution in [0.3, 0.4) is 0 Å². The van der Waals surface area contributed by atoms with Gasteiger partial charge in [-0.05, 0) is 60.4 Å². The Balaban J connectivity index is 1.27. The summed E-state index contributed by atoms with van der Waals surface area (Å²) < 4.78 is 13.2. The quantitative estimate of drug-likeness (QED) is 0.430. The molecule has 3 aromatic carbocycles. The highest BCUT2D eigenvalue weighted by atomic mass is 32.1. The first-order chi connectivity index (χ1) is 16.6. The van der Waals surface area contributed by atoms with E-state index in [1.807, 2.05) is 42.5 Å². The Morgan fingerprint density at radius 2 is 1.56 bits per heavy atom. The third kappa shape index (κ3) is 4.58. The van der Waals surface area contributed by atoms with Crippen LogP contribution >= 0.6 is 11.3 Å². The Morgan fingerprint density at radius 3 is 2.29 bits per heavy atom. The molecular weight excluding hydrogens is 451 g/mol. The Hall–Kier alpha value is -3.91. The highest BCUT2D eigenvalue weighted by Gasteiger charge is 2.35. The number of amides is 2. The van der Waals surface area contributed by atoms with E-state index in [0.29, 0.717) is 28.7 Å². The summed E-state index contributed by atoms with van der Waals surface area (Å²) in [6.07, 6.45) is 1.34. The zero-order chi connectivity index (χ0) is 23.5. The van der Waals surface area contributed by atoms with E-state index in [9.17, 15) is 14.0 Å². The minimum Gasteiger partial charge on any atom is -0.327 e. The minimum absolute atomic E-state index is 0.165. The maximum absolute atomic E-state index is 13.2. The van der Waals surface area contributed by atoms with Crippen LogP contribution in [0.15, 0.2) is 78.9 Å². The molecule has 1 unspecified atom stereocenters. The molecule has 1 aliphatic rings. The lowest BCUT2D eigenvalue weighted by Crippen LogP contribution is -2.43. The fourth-order valence-electron chi connectivity index (χ4n) is 4.06. The molecule has 2 amide bonds. The van der Waals surface area contributed by atoms with Crippen LogP contribution < -0.4 is 5.32 Å². The summed E-state index contributed by atoms with van der Waals surface area (Å²) in [6.45, 7) is 0.522. The number of anilines is 1. The average molecular weight is 473 g/mol. The van der Waals surface area contributed by atoms with E-state index in [-0.39, 0.29) is 17.6 Å². The van der Waals surface area contributed by atoms with Crippen LogP contribution in [0.5, 0.6) is 0 Å². The van der Waals surface area contributed by atoms with Gasteiger partial charge in [0.05, 0.1) is 0 Å². The van der Waals surface area contributed by atoms with Gasteiger partial charge in [0.1, 0.15) is 16.9 Å². The van der Waals surface area contributed by atoms with Gasteiger partial charge in [0.2, 0.25) is 11.0 Å². The van der Waals surface area contributed by atoms with E-state index in [4.69, 9.17) is 0 Å². The van der Waals surface area contributed by atoms with Crippen molar-refractivity contribution < 1.29 is 14.0 Å². The molecule has 6 nitrogen and oxygen atoms in total. The molecule has 0 aliphatic carbocycles. The van der Waals surface area contributed by atoms with Crippen molar-refractivity contribution in [2.75, 3.05) is 11.9 Å². The highest BCUT2D eigenvalue weighted by molar-refractivity contribution is 7.18. The Labute approximate surface area is 200 Å². The predicted octanol–water partition coefficient (Wildman–Crippen LogP) is 5.25.